The van der Waals surface area contributed by atoms with Crippen molar-refractivity contribution in [1.82, 2.24) is 4.98 Å². The predicted molar refractivity (Wildman–Crippen MR) is 58.9 cm³/mol. The summed E-state index contributed by atoms with van der Waals surface area (Å²) in [4.78, 5) is 15.7. The van der Waals surface area contributed by atoms with Crippen molar-refractivity contribution < 1.29 is 9.90 Å². The zero-order valence-electron chi connectivity index (χ0n) is 7.88. The van der Waals surface area contributed by atoms with E-state index in [1.165, 1.54) is 0 Å². The van der Waals surface area contributed by atoms with Gasteiger partial charge in [-0.1, -0.05) is 6.07 Å². The SMILES string of the molecule is O=C(O)Cc1cc(-c2cccs2)ccn1. The quantitative estimate of drug-likeness (QED) is 0.862. The number of pyridine rings is 1. The molecule has 4 heteroatoms. The standard InChI is InChI=1S/C11H9NO2S/c13-11(14)7-9-6-8(3-4-12-9)10-2-1-5-15-10/h1-6H,7H2,(H,13,14). The van der Waals surface area contributed by atoms with Crippen LogP contribution in [0.1, 0.15) is 5.69 Å². The number of carboxylic acids is 1. The van der Waals surface area contributed by atoms with Gasteiger partial charge in [0.1, 0.15) is 0 Å². The van der Waals surface area contributed by atoms with Crippen LogP contribution in [-0.2, 0) is 11.2 Å². The molecule has 0 amide bonds. The molecular formula is C11H9NO2S. The molecule has 0 saturated carbocycles. The lowest BCUT2D eigenvalue weighted by atomic mass is 10.1. The second kappa shape index (κ2) is 4.23. The summed E-state index contributed by atoms with van der Waals surface area (Å²) in [5.74, 6) is -0.856. The van der Waals surface area contributed by atoms with Crippen molar-refractivity contribution >= 4 is 17.3 Å². The second-order valence-corrected chi connectivity index (χ2v) is 4.03. The fraction of sp³-hybridized carbons (Fsp3) is 0.0909. The Labute approximate surface area is 91.0 Å². The van der Waals surface area contributed by atoms with Gasteiger partial charge in [-0.15, -0.1) is 11.3 Å². The smallest absolute Gasteiger partial charge is 0.309 e. The lowest BCUT2D eigenvalue weighted by Crippen LogP contribution is -2.01. The van der Waals surface area contributed by atoms with Gasteiger partial charge < -0.3 is 5.11 Å². The third-order valence-electron chi connectivity index (χ3n) is 1.95. The average molecular weight is 219 g/mol. The monoisotopic (exact) mass is 219 g/mol. The zero-order valence-corrected chi connectivity index (χ0v) is 8.70. The van der Waals surface area contributed by atoms with Crippen LogP contribution in [0.25, 0.3) is 10.4 Å². The molecule has 0 aromatic carbocycles. The summed E-state index contributed by atoms with van der Waals surface area (Å²) in [5.41, 5.74) is 1.62. The van der Waals surface area contributed by atoms with Gasteiger partial charge >= 0.3 is 5.97 Å². The van der Waals surface area contributed by atoms with Gasteiger partial charge in [-0.3, -0.25) is 9.78 Å². The van der Waals surface area contributed by atoms with Crippen LogP contribution in [0.3, 0.4) is 0 Å². The zero-order chi connectivity index (χ0) is 10.7. The van der Waals surface area contributed by atoms with Crippen LogP contribution in [0.2, 0.25) is 0 Å². The minimum Gasteiger partial charge on any atom is -0.481 e. The van der Waals surface area contributed by atoms with Crippen LogP contribution in [-0.4, -0.2) is 16.1 Å². The summed E-state index contributed by atoms with van der Waals surface area (Å²) in [5, 5.41) is 10.6. The lowest BCUT2D eigenvalue weighted by molar-refractivity contribution is -0.136. The molecule has 2 heterocycles. The Bertz CT molecular complexity index is 465. The Kier molecular flexibility index (Phi) is 2.78. The molecule has 0 radical (unpaired) electrons. The van der Waals surface area contributed by atoms with E-state index >= 15 is 0 Å². The van der Waals surface area contributed by atoms with Gasteiger partial charge in [-0.2, -0.15) is 0 Å². The first-order chi connectivity index (χ1) is 7.25. The minimum absolute atomic E-state index is 0.0286. The van der Waals surface area contributed by atoms with Gasteiger partial charge in [-0.25, -0.2) is 0 Å². The Morgan fingerprint density at radius 3 is 3.00 bits per heavy atom. The number of thiophene rings is 1. The fourth-order valence-electron chi connectivity index (χ4n) is 1.33. The molecular weight excluding hydrogens is 210 g/mol. The number of aromatic nitrogens is 1. The number of hydrogen-bond acceptors (Lipinski definition) is 3. The predicted octanol–water partition coefficient (Wildman–Crippen LogP) is 2.44. The topological polar surface area (TPSA) is 50.2 Å². The van der Waals surface area contributed by atoms with Gasteiger partial charge in [-0.05, 0) is 29.1 Å². The van der Waals surface area contributed by atoms with Crippen molar-refractivity contribution in [3.05, 3.63) is 41.5 Å². The highest BCUT2D eigenvalue weighted by Crippen LogP contribution is 2.24. The first-order valence-electron chi connectivity index (χ1n) is 4.46. The molecule has 76 valence electrons. The van der Waals surface area contributed by atoms with Crippen molar-refractivity contribution in [2.75, 3.05) is 0 Å². The number of aliphatic carboxylic acids is 1. The Hall–Kier alpha value is -1.68. The van der Waals surface area contributed by atoms with Gasteiger partial charge in [0.25, 0.3) is 0 Å². The maximum absolute atomic E-state index is 10.5. The molecule has 0 fully saturated rings. The van der Waals surface area contributed by atoms with Gasteiger partial charge in [0.2, 0.25) is 0 Å². The molecule has 0 saturated heterocycles. The van der Waals surface area contributed by atoms with E-state index in [-0.39, 0.29) is 6.42 Å². The average Bonchev–Trinajstić information content (AvgIpc) is 2.69. The Morgan fingerprint density at radius 2 is 2.33 bits per heavy atom. The van der Waals surface area contributed by atoms with Crippen molar-refractivity contribution in [2.24, 2.45) is 0 Å². The number of carbonyl (C=O) groups is 1. The number of rotatable bonds is 3. The Balaban J connectivity index is 2.31. The van der Waals surface area contributed by atoms with E-state index in [2.05, 4.69) is 4.98 Å². The molecule has 0 aliphatic rings. The summed E-state index contributed by atoms with van der Waals surface area (Å²) in [6.07, 6.45) is 1.62. The third kappa shape index (κ3) is 2.41. The van der Waals surface area contributed by atoms with Gasteiger partial charge in [0.15, 0.2) is 0 Å². The number of carboxylic acid groups (broad SMARTS) is 1. The van der Waals surface area contributed by atoms with Gasteiger partial charge in [0.05, 0.1) is 12.1 Å². The molecule has 0 atom stereocenters. The summed E-state index contributed by atoms with van der Waals surface area (Å²) in [7, 11) is 0. The normalized spacial score (nSPS) is 10.1. The molecule has 0 aliphatic heterocycles. The first-order valence-corrected chi connectivity index (χ1v) is 5.34. The van der Waals surface area contributed by atoms with Crippen LogP contribution < -0.4 is 0 Å². The van der Waals surface area contributed by atoms with Crippen LogP contribution >= 0.6 is 11.3 Å². The summed E-state index contributed by atoms with van der Waals surface area (Å²) >= 11 is 1.63. The van der Waals surface area contributed by atoms with Crippen molar-refractivity contribution in [3.63, 3.8) is 0 Å². The maximum atomic E-state index is 10.5. The first kappa shape index (κ1) is 9.86. The van der Waals surface area contributed by atoms with Crippen LogP contribution in [0.15, 0.2) is 35.8 Å². The fourth-order valence-corrected chi connectivity index (χ4v) is 2.05. The molecule has 0 spiro atoms. The van der Waals surface area contributed by atoms with E-state index < -0.39 is 5.97 Å². The molecule has 0 bridgehead atoms. The Morgan fingerprint density at radius 1 is 1.47 bits per heavy atom. The van der Waals surface area contributed by atoms with Crippen LogP contribution in [0, 0.1) is 0 Å². The molecule has 0 unspecified atom stereocenters. The summed E-state index contributed by atoms with van der Waals surface area (Å²) in [6, 6.07) is 7.68. The number of hydrogen-bond donors (Lipinski definition) is 1. The molecule has 0 aliphatic carbocycles. The highest BCUT2D eigenvalue weighted by Gasteiger charge is 2.04. The van der Waals surface area contributed by atoms with E-state index in [0.717, 1.165) is 10.4 Å². The molecule has 15 heavy (non-hydrogen) atoms. The molecule has 1 N–H and O–H groups in total. The lowest BCUT2D eigenvalue weighted by Gasteiger charge is -2.00. The molecule has 2 aromatic heterocycles. The van der Waals surface area contributed by atoms with Crippen molar-refractivity contribution in [2.45, 2.75) is 6.42 Å². The van der Waals surface area contributed by atoms with Crippen LogP contribution in [0.5, 0.6) is 0 Å². The van der Waals surface area contributed by atoms with E-state index in [1.54, 1.807) is 17.5 Å². The van der Waals surface area contributed by atoms with Gasteiger partial charge in [0, 0.05) is 11.1 Å². The van der Waals surface area contributed by atoms with E-state index in [0.29, 0.717) is 5.69 Å². The third-order valence-corrected chi connectivity index (χ3v) is 2.87. The van der Waals surface area contributed by atoms with Crippen LogP contribution in [0.4, 0.5) is 0 Å². The molecule has 2 aromatic rings. The second-order valence-electron chi connectivity index (χ2n) is 3.08. The minimum atomic E-state index is -0.856. The van der Waals surface area contributed by atoms with Crippen molar-refractivity contribution in [3.8, 4) is 10.4 Å². The largest absolute Gasteiger partial charge is 0.481 e. The van der Waals surface area contributed by atoms with E-state index in [1.807, 2.05) is 29.6 Å². The maximum Gasteiger partial charge on any atom is 0.309 e. The number of nitrogens with zero attached hydrogens (tertiary/aromatic N) is 1. The van der Waals surface area contributed by atoms with E-state index in [9.17, 15) is 4.79 Å². The highest BCUT2D eigenvalue weighted by atomic mass is 32.1. The summed E-state index contributed by atoms with van der Waals surface area (Å²) < 4.78 is 0. The molecule has 2 rings (SSSR count). The van der Waals surface area contributed by atoms with E-state index in [4.69, 9.17) is 5.11 Å². The molecule has 3 nitrogen and oxygen atoms in total. The van der Waals surface area contributed by atoms with Crippen molar-refractivity contribution in [1.29, 1.82) is 0 Å². The summed E-state index contributed by atoms with van der Waals surface area (Å²) in [6.45, 7) is 0. The highest BCUT2D eigenvalue weighted by molar-refractivity contribution is 7.13.